The molecule has 0 fully saturated rings. The number of pyridine rings is 1. The fourth-order valence-corrected chi connectivity index (χ4v) is 3.07. The maximum atomic E-state index is 10.6. The normalized spacial score (nSPS) is 13.9. The average molecular weight is 334 g/mol. The number of H-pyrrole nitrogens is 1. The first-order valence-corrected chi connectivity index (χ1v) is 7.58. The van der Waals surface area contributed by atoms with Gasteiger partial charge in [0.2, 0.25) is 0 Å². The molecule has 1 aromatic rings. The van der Waals surface area contributed by atoms with Gasteiger partial charge in [-0.2, -0.15) is 0 Å². The maximum absolute atomic E-state index is 10.6. The summed E-state index contributed by atoms with van der Waals surface area (Å²) in [6.45, 7) is 1.16. The Morgan fingerprint density at radius 2 is 2.14 bits per heavy atom. The van der Waals surface area contributed by atoms with Gasteiger partial charge in [0.25, 0.3) is 0 Å². The Kier molecular flexibility index (Phi) is 6.62. The molecule has 1 unspecified atom stereocenters. The van der Waals surface area contributed by atoms with Crippen LogP contribution in [0.5, 0.6) is 5.75 Å². The molecule has 0 aliphatic heterocycles. The highest BCUT2D eigenvalue weighted by Gasteiger charge is 2.21. The van der Waals surface area contributed by atoms with Gasteiger partial charge in [0, 0.05) is 11.1 Å². The number of aromatic hydroxyl groups is 1. The molecule has 0 saturated heterocycles. The lowest BCUT2D eigenvalue weighted by molar-refractivity contribution is -0.138. The number of aromatic amines is 1. The molecule has 1 heterocycles. The summed E-state index contributed by atoms with van der Waals surface area (Å²) in [7, 11) is 0. The van der Waals surface area contributed by atoms with E-state index in [1.807, 2.05) is 0 Å². The van der Waals surface area contributed by atoms with Gasteiger partial charge in [-0.25, -0.2) is 0 Å². The van der Waals surface area contributed by atoms with Crippen molar-refractivity contribution in [1.82, 2.24) is 4.98 Å². The van der Waals surface area contributed by atoms with E-state index in [4.69, 9.17) is 23.1 Å². The summed E-state index contributed by atoms with van der Waals surface area (Å²) >= 11 is 6.07. The molecular weight excluding hydrogens is 316 g/mol. The zero-order valence-electron chi connectivity index (χ0n) is 11.4. The van der Waals surface area contributed by atoms with Crippen LogP contribution in [0.1, 0.15) is 28.7 Å². The minimum atomic E-state index is -1.14. The van der Waals surface area contributed by atoms with Crippen LogP contribution in [0, 0.1) is 11.6 Å². The van der Waals surface area contributed by atoms with E-state index in [1.165, 1.54) is 0 Å². The van der Waals surface area contributed by atoms with Crippen molar-refractivity contribution >= 4 is 29.9 Å². The molecule has 1 aromatic heterocycles. The standard InChI is InChI=1S/C12H18N2O5S2/c1-5-9(16)8(6(4-15)10(20)14-5)12(19)21-3-2-7(13)11(17)18/h7,12,15-16,19H,2-4,13H2,1H3,(H,14,20)(H,17,18)/t7-,12?/m0/s1. The van der Waals surface area contributed by atoms with Crippen LogP contribution in [0.25, 0.3) is 0 Å². The minimum absolute atomic E-state index is 0.146. The van der Waals surface area contributed by atoms with Gasteiger partial charge < -0.3 is 31.1 Å². The van der Waals surface area contributed by atoms with Crippen molar-refractivity contribution in [3.8, 4) is 5.75 Å². The Labute approximate surface area is 130 Å². The highest BCUT2D eigenvalue weighted by atomic mass is 32.2. The number of carbonyl (C=O) groups is 1. The lowest BCUT2D eigenvalue weighted by Gasteiger charge is -2.18. The van der Waals surface area contributed by atoms with Crippen molar-refractivity contribution in [3.05, 3.63) is 21.5 Å². The third-order valence-electron chi connectivity index (χ3n) is 2.94. The van der Waals surface area contributed by atoms with Crippen LogP contribution in [-0.2, 0) is 11.4 Å². The monoisotopic (exact) mass is 334 g/mol. The Bertz CT molecular complexity index is 576. The molecule has 0 radical (unpaired) electrons. The number of aryl methyl sites for hydroxylation is 1. The number of thioether (sulfide) groups is 1. The first-order valence-electron chi connectivity index (χ1n) is 6.13. The number of carboxylic acid groups (broad SMARTS) is 1. The molecule has 0 aromatic carbocycles. The molecule has 2 atom stereocenters. The smallest absolute Gasteiger partial charge is 0.320 e. The van der Waals surface area contributed by atoms with Crippen molar-refractivity contribution in [2.75, 3.05) is 5.75 Å². The van der Waals surface area contributed by atoms with Gasteiger partial charge in [-0.15, -0.1) is 11.8 Å². The number of hydrogen-bond donors (Lipinski definition) is 6. The molecular formula is C12H18N2O5S2. The fraction of sp³-hybridized carbons (Fsp3) is 0.500. The predicted molar refractivity (Wildman–Crippen MR) is 81.6 cm³/mol. The SMILES string of the molecule is Cc1[nH]c(=S)c(CO)c(C(O)SCC[C@H](N)C(=O)O)c1O. The van der Waals surface area contributed by atoms with E-state index >= 15 is 0 Å². The molecule has 7 nitrogen and oxygen atoms in total. The molecule has 0 aliphatic rings. The second-order valence-corrected chi connectivity index (χ2v) is 6.03. The van der Waals surface area contributed by atoms with Gasteiger partial charge in [0.1, 0.15) is 21.9 Å². The van der Waals surface area contributed by atoms with Gasteiger partial charge in [0.05, 0.1) is 12.3 Å². The number of aliphatic hydroxyl groups is 2. The number of nitrogens with two attached hydrogens (primary N) is 1. The molecule has 0 saturated carbocycles. The summed E-state index contributed by atoms with van der Waals surface area (Å²) in [5.41, 5.74) is 5.01. The van der Waals surface area contributed by atoms with E-state index in [-0.39, 0.29) is 33.7 Å². The fourth-order valence-electron chi connectivity index (χ4n) is 1.71. The van der Waals surface area contributed by atoms with Gasteiger partial charge in [-0.3, -0.25) is 4.79 Å². The third kappa shape index (κ3) is 4.42. The van der Waals surface area contributed by atoms with Gasteiger partial charge in [-0.1, -0.05) is 12.2 Å². The lowest BCUT2D eigenvalue weighted by atomic mass is 10.1. The Morgan fingerprint density at radius 1 is 1.52 bits per heavy atom. The zero-order valence-corrected chi connectivity index (χ0v) is 13.0. The highest BCUT2D eigenvalue weighted by molar-refractivity contribution is 7.99. The molecule has 0 spiro atoms. The quantitative estimate of drug-likeness (QED) is 0.317. The summed E-state index contributed by atoms with van der Waals surface area (Å²) in [6.07, 6.45) is 0.172. The topological polar surface area (TPSA) is 140 Å². The first-order chi connectivity index (χ1) is 9.79. The lowest BCUT2D eigenvalue weighted by Crippen LogP contribution is -2.30. The Hall–Kier alpha value is -1.13. The van der Waals surface area contributed by atoms with Crippen LogP contribution in [-0.4, -0.2) is 43.2 Å². The van der Waals surface area contributed by atoms with Crippen molar-refractivity contribution < 1.29 is 25.2 Å². The second-order valence-electron chi connectivity index (χ2n) is 4.43. The van der Waals surface area contributed by atoms with E-state index in [0.717, 1.165) is 11.8 Å². The predicted octanol–water partition coefficient (Wildman–Crippen LogP) is 0.777. The van der Waals surface area contributed by atoms with Crippen LogP contribution in [0.4, 0.5) is 0 Å². The van der Waals surface area contributed by atoms with Gasteiger partial charge >= 0.3 is 5.97 Å². The van der Waals surface area contributed by atoms with Gasteiger partial charge in [0.15, 0.2) is 0 Å². The summed E-state index contributed by atoms with van der Waals surface area (Å²) in [6, 6.07) is -1.00. The summed E-state index contributed by atoms with van der Waals surface area (Å²) < 4.78 is 0.240. The summed E-state index contributed by atoms with van der Waals surface area (Å²) in [4.78, 5) is 13.3. The number of nitrogens with one attached hydrogen (secondary N) is 1. The Morgan fingerprint density at radius 3 is 2.67 bits per heavy atom. The van der Waals surface area contributed by atoms with E-state index in [2.05, 4.69) is 4.98 Å². The number of aliphatic carboxylic acids is 1. The van der Waals surface area contributed by atoms with E-state index in [1.54, 1.807) is 6.92 Å². The third-order valence-corrected chi connectivity index (χ3v) is 4.31. The van der Waals surface area contributed by atoms with Crippen molar-refractivity contribution in [2.45, 2.75) is 31.4 Å². The zero-order chi connectivity index (χ0) is 16.2. The molecule has 9 heteroatoms. The second kappa shape index (κ2) is 7.76. The number of aromatic nitrogens is 1. The summed E-state index contributed by atoms with van der Waals surface area (Å²) in [5, 5.41) is 38.2. The average Bonchev–Trinajstić information content (AvgIpc) is 2.41. The molecule has 0 bridgehead atoms. The summed E-state index contributed by atoms with van der Waals surface area (Å²) in [5.74, 6) is -0.999. The minimum Gasteiger partial charge on any atom is -0.506 e. The van der Waals surface area contributed by atoms with Crippen LogP contribution < -0.4 is 5.73 Å². The van der Waals surface area contributed by atoms with Crippen molar-refractivity contribution in [3.63, 3.8) is 0 Å². The maximum Gasteiger partial charge on any atom is 0.320 e. The van der Waals surface area contributed by atoms with Crippen molar-refractivity contribution in [2.24, 2.45) is 5.73 Å². The molecule has 118 valence electrons. The molecule has 7 N–H and O–H groups in total. The molecule has 0 aliphatic carbocycles. The van der Waals surface area contributed by atoms with E-state index in [0.29, 0.717) is 5.69 Å². The van der Waals surface area contributed by atoms with E-state index in [9.17, 15) is 20.1 Å². The van der Waals surface area contributed by atoms with Gasteiger partial charge in [-0.05, 0) is 19.1 Å². The van der Waals surface area contributed by atoms with Crippen LogP contribution in [0.3, 0.4) is 0 Å². The first kappa shape index (κ1) is 17.9. The molecule has 0 amide bonds. The number of rotatable bonds is 7. The number of aliphatic hydroxyl groups excluding tert-OH is 2. The number of hydrogen-bond acceptors (Lipinski definition) is 7. The van der Waals surface area contributed by atoms with Crippen LogP contribution in [0.2, 0.25) is 0 Å². The molecule has 1 rings (SSSR count). The van der Waals surface area contributed by atoms with Crippen LogP contribution >= 0.6 is 24.0 Å². The van der Waals surface area contributed by atoms with Crippen LogP contribution in [0.15, 0.2) is 0 Å². The molecule has 21 heavy (non-hydrogen) atoms. The van der Waals surface area contributed by atoms with Crippen molar-refractivity contribution in [1.29, 1.82) is 0 Å². The largest absolute Gasteiger partial charge is 0.506 e. The number of carboxylic acids is 1. The Balaban J connectivity index is 2.90. The van der Waals surface area contributed by atoms with E-state index < -0.39 is 24.1 Å². The highest BCUT2D eigenvalue weighted by Crippen LogP contribution is 2.37.